The third-order valence-electron chi connectivity index (χ3n) is 7.28. The summed E-state index contributed by atoms with van der Waals surface area (Å²) in [5, 5.41) is 20.0. The largest absolute Gasteiger partial charge is 0.481 e. The number of esters is 1. The lowest BCUT2D eigenvalue weighted by Gasteiger charge is -2.57. The predicted octanol–water partition coefficient (Wildman–Crippen LogP) is 3.43. The van der Waals surface area contributed by atoms with Gasteiger partial charge in [0.25, 0.3) is 0 Å². The average molecular weight is 348 g/mol. The van der Waals surface area contributed by atoms with Gasteiger partial charge >= 0.3 is 11.9 Å². The van der Waals surface area contributed by atoms with Crippen LogP contribution in [0.5, 0.6) is 0 Å². The van der Waals surface area contributed by atoms with Gasteiger partial charge in [-0.25, -0.2) is 4.79 Å². The summed E-state index contributed by atoms with van der Waals surface area (Å²) in [7, 11) is 0. The van der Waals surface area contributed by atoms with Gasteiger partial charge in [0.1, 0.15) is 0 Å². The molecule has 1 fully saturated rings. The number of cyclic esters (lactones) is 1. The van der Waals surface area contributed by atoms with Gasteiger partial charge < -0.3 is 14.9 Å². The quantitative estimate of drug-likeness (QED) is 0.601. The van der Waals surface area contributed by atoms with Crippen molar-refractivity contribution in [2.45, 2.75) is 65.6 Å². The summed E-state index contributed by atoms with van der Waals surface area (Å²) in [6.45, 7) is 6.37. The maximum Gasteiger partial charge on any atom is 0.333 e. The number of ether oxygens (including phenoxy) is 1. The number of carboxylic acid groups (broad SMARTS) is 1. The lowest BCUT2D eigenvalue weighted by atomic mass is 9.46. The average Bonchev–Trinajstić information content (AvgIpc) is 2.87. The number of carboxylic acids is 1. The summed E-state index contributed by atoms with van der Waals surface area (Å²) < 4.78 is 4.78. The molecule has 5 nitrogen and oxygen atoms in total. The molecule has 0 aromatic heterocycles. The highest BCUT2D eigenvalue weighted by Gasteiger charge is 2.59. The molecule has 1 heterocycles. The first-order chi connectivity index (χ1) is 11.7. The smallest absolute Gasteiger partial charge is 0.333 e. The molecule has 3 aliphatic rings. The van der Waals surface area contributed by atoms with E-state index in [1.54, 1.807) is 0 Å². The molecule has 1 aliphatic heterocycles. The Bertz CT molecular complexity index is 648. The fourth-order valence-electron chi connectivity index (χ4n) is 5.45. The van der Waals surface area contributed by atoms with Gasteiger partial charge in [0, 0.05) is 11.6 Å². The maximum atomic E-state index is 12.3. The first-order valence-corrected chi connectivity index (χ1v) is 9.21. The molecule has 5 atom stereocenters. The molecule has 0 radical (unpaired) electrons. The second-order valence-corrected chi connectivity index (χ2v) is 8.25. The standard InChI is InChI=1S/C20H28O5/c1-12-7-10-20(18(23)24)13(2)5-4-6-15(20)19(12,3)9-8-14-11-16(21)25-17(14)22/h5,11-12,15,17,22H,4,6-10H2,1-3H3,(H,23,24)/t12-,15-,17?,19+,20-/m1/s1. The summed E-state index contributed by atoms with van der Waals surface area (Å²) >= 11 is 0. The van der Waals surface area contributed by atoms with Gasteiger partial charge in [-0.15, -0.1) is 0 Å². The minimum absolute atomic E-state index is 0.0713. The van der Waals surface area contributed by atoms with Crippen LogP contribution in [-0.2, 0) is 14.3 Å². The number of aliphatic hydroxyl groups is 1. The van der Waals surface area contributed by atoms with Crippen molar-refractivity contribution >= 4 is 11.9 Å². The topological polar surface area (TPSA) is 83.8 Å². The molecule has 1 unspecified atom stereocenters. The Morgan fingerprint density at radius 3 is 2.72 bits per heavy atom. The number of hydrogen-bond donors (Lipinski definition) is 2. The minimum Gasteiger partial charge on any atom is -0.481 e. The molecule has 25 heavy (non-hydrogen) atoms. The number of rotatable bonds is 4. The predicted molar refractivity (Wildman–Crippen MR) is 92.5 cm³/mol. The second kappa shape index (κ2) is 6.27. The Kier molecular flexibility index (Phi) is 4.56. The molecule has 0 aromatic carbocycles. The number of carbonyl (C=O) groups is 2. The number of aliphatic carboxylic acids is 1. The summed E-state index contributed by atoms with van der Waals surface area (Å²) in [5.74, 6) is -0.739. The lowest BCUT2D eigenvalue weighted by Crippen LogP contribution is -2.54. The molecule has 0 bridgehead atoms. The van der Waals surface area contributed by atoms with Crippen LogP contribution in [0.3, 0.4) is 0 Å². The van der Waals surface area contributed by atoms with E-state index in [0.717, 1.165) is 31.3 Å². The molecule has 0 aromatic rings. The number of fused-ring (bicyclic) bond motifs is 1. The van der Waals surface area contributed by atoms with Gasteiger partial charge in [0.05, 0.1) is 5.41 Å². The molecule has 138 valence electrons. The van der Waals surface area contributed by atoms with E-state index < -0.39 is 23.6 Å². The highest BCUT2D eigenvalue weighted by molar-refractivity contribution is 5.85. The zero-order valence-corrected chi connectivity index (χ0v) is 15.2. The van der Waals surface area contributed by atoms with Crippen molar-refractivity contribution in [2.24, 2.45) is 22.7 Å². The second-order valence-electron chi connectivity index (χ2n) is 8.25. The normalized spacial score (nSPS) is 40.8. The Balaban J connectivity index is 1.90. The molecule has 1 saturated carbocycles. The first kappa shape index (κ1) is 18.2. The van der Waals surface area contributed by atoms with Crippen LogP contribution in [0.25, 0.3) is 0 Å². The molecule has 2 N–H and O–H groups in total. The van der Waals surface area contributed by atoms with Crippen LogP contribution in [0.15, 0.2) is 23.3 Å². The van der Waals surface area contributed by atoms with Gasteiger partial charge in [0.15, 0.2) is 0 Å². The van der Waals surface area contributed by atoms with Gasteiger partial charge in [-0.3, -0.25) is 4.79 Å². The molecule has 0 saturated heterocycles. The van der Waals surface area contributed by atoms with Gasteiger partial charge in [0.2, 0.25) is 6.29 Å². The molecule has 0 spiro atoms. The van der Waals surface area contributed by atoms with E-state index in [1.165, 1.54) is 6.08 Å². The van der Waals surface area contributed by atoms with E-state index in [0.29, 0.717) is 24.3 Å². The molecule has 2 aliphatic carbocycles. The van der Waals surface area contributed by atoms with Crippen molar-refractivity contribution in [3.8, 4) is 0 Å². The number of hydrogen-bond acceptors (Lipinski definition) is 4. The molecule has 0 amide bonds. The third-order valence-corrected chi connectivity index (χ3v) is 7.28. The van der Waals surface area contributed by atoms with Crippen molar-refractivity contribution < 1.29 is 24.5 Å². The molecule has 5 heteroatoms. The third kappa shape index (κ3) is 2.73. The van der Waals surface area contributed by atoms with E-state index in [2.05, 4.69) is 19.9 Å². The number of carbonyl (C=O) groups excluding carboxylic acids is 1. The van der Waals surface area contributed by atoms with E-state index in [-0.39, 0.29) is 11.3 Å². The van der Waals surface area contributed by atoms with Crippen molar-refractivity contribution in [3.63, 3.8) is 0 Å². The van der Waals surface area contributed by atoms with E-state index in [9.17, 15) is 19.8 Å². The zero-order chi connectivity index (χ0) is 18.4. The summed E-state index contributed by atoms with van der Waals surface area (Å²) in [5.41, 5.74) is 0.674. The van der Waals surface area contributed by atoms with Crippen LogP contribution < -0.4 is 0 Å². The molecule has 3 rings (SSSR count). The minimum atomic E-state index is -1.15. The van der Waals surface area contributed by atoms with Crippen LogP contribution in [0.2, 0.25) is 0 Å². The van der Waals surface area contributed by atoms with Crippen molar-refractivity contribution in [1.82, 2.24) is 0 Å². The first-order valence-electron chi connectivity index (χ1n) is 9.21. The summed E-state index contributed by atoms with van der Waals surface area (Å²) in [6, 6.07) is 0. The van der Waals surface area contributed by atoms with Crippen molar-refractivity contribution in [2.75, 3.05) is 0 Å². The fraction of sp³-hybridized carbons (Fsp3) is 0.700. The molecular formula is C20H28O5. The fourth-order valence-corrected chi connectivity index (χ4v) is 5.45. The Morgan fingerprint density at radius 2 is 2.12 bits per heavy atom. The van der Waals surface area contributed by atoms with Crippen LogP contribution in [0.4, 0.5) is 0 Å². The number of allylic oxidation sites excluding steroid dienone is 1. The van der Waals surface area contributed by atoms with E-state index in [1.807, 2.05) is 6.92 Å². The lowest BCUT2D eigenvalue weighted by molar-refractivity contribution is -0.162. The highest BCUT2D eigenvalue weighted by atomic mass is 16.6. The van der Waals surface area contributed by atoms with Gasteiger partial charge in [-0.1, -0.05) is 25.5 Å². The zero-order valence-electron chi connectivity index (χ0n) is 15.2. The summed E-state index contributed by atoms with van der Waals surface area (Å²) in [6.07, 6.45) is 6.99. The Labute approximate surface area is 148 Å². The Morgan fingerprint density at radius 1 is 1.40 bits per heavy atom. The Hall–Kier alpha value is -1.62. The van der Waals surface area contributed by atoms with Crippen LogP contribution >= 0.6 is 0 Å². The van der Waals surface area contributed by atoms with Gasteiger partial charge in [-0.2, -0.15) is 0 Å². The van der Waals surface area contributed by atoms with Crippen molar-refractivity contribution in [3.05, 3.63) is 23.3 Å². The van der Waals surface area contributed by atoms with E-state index >= 15 is 0 Å². The van der Waals surface area contributed by atoms with Crippen molar-refractivity contribution in [1.29, 1.82) is 0 Å². The molecular weight excluding hydrogens is 320 g/mol. The highest BCUT2D eigenvalue weighted by Crippen LogP contribution is 2.62. The maximum absolute atomic E-state index is 12.3. The van der Waals surface area contributed by atoms with Crippen LogP contribution in [-0.4, -0.2) is 28.4 Å². The van der Waals surface area contributed by atoms with E-state index in [4.69, 9.17) is 4.74 Å². The number of aliphatic hydroxyl groups excluding tert-OH is 1. The van der Waals surface area contributed by atoms with Gasteiger partial charge in [-0.05, 0) is 62.7 Å². The van der Waals surface area contributed by atoms with Crippen LogP contribution in [0, 0.1) is 22.7 Å². The van der Waals surface area contributed by atoms with Crippen LogP contribution in [0.1, 0.15) is 59.3 Å². The summed E-state index contributed by atoms with van der Waals surface area (Å²) in [4.78, 5) is 23.6. The monoisotopic (exact) mass is 348 g/mol. The SMILES string of the molecule is CC1=CCC[C@H]2[C@@]1(C(=O)O)CC[C@@H](C)[C@]2(C)CCC1=CC(=O)OC1O.